The summed E-state index contributed by atoms with van der Waals surface area (Å²) in [5.41, 5.74) is 0. The summed E-state index contributed by atoms with van der Waals surface area (Å²) in [5.74, 6) is 8.67. The van der Waals surface area contributed by atoms with Gasteiger partial charge in [0.1, 0.15) is 0 Å². The summed E-state index contributed by atoms with van der Waals surface area (Å²) in [6.45, 7) is 2.64. The zero-order valence-electron chi connectivity index (χ0n) is 21.6. The van der Waals surface area contributed by atoms with Gasteiger partial charge in [-0.05, 0) is 25.7 Å². The molecule has 36 heavy (non-hydrogen) atoms. The van der Waals surface area contributed by atoms with Crippen LogP contribution in [0.4, 0.5) is 0 Å². The maximum Gasteiger partial charge on any atom is 0.324 e. The number of nitrogens with one attached hydrogen (secondary N) is 2. The Balaban J connectivity index is 3.31. The Kier molecular flexibility index (Phi) is 24.2. The number of hydrogen-bond acceptors (Lipinski definition) is 10. The van der Waals surface area contributed by atoms with Gasteiger partial charge in [-0.1, -0.05) is 38.5 Å². The summed E-state index contributed by atoms with van der Waals surface area (Å²) in [4.78, 5) is 53.4. The average Bonchev–Trinajstić information content (AvgIpc) is 2.88. The number of nitrogens with two attached hydrogens (primary N) is 2. The van der Waals surface area contributed by atoms with E-state index in [9.17, 15) is 19.2 Å². The summed E-state index contributed by atoms with van der Waals surface area (Å²) in [6.07, 6.45) is 10.4. The summed E-state index contributed by atoms with van der Waals surface area (Å²) in [6, 6.07) is 0. The number of unbranched alkanes of at least 4 members (excludes halogenated alkanes) is 8. The highest BCUT2D eigenvalue weighted by Gasteiger charge is 2.04. The Morgan fingerprint density at radius 1 is 0.472 bits per heavy atom. The van der Waals surface area contributed by atoms with Crippen molar-refractivity contribution in [2.75, 3.05) is 39.5 Å². The van der Waals surface area contributed by atoms with E-state index >= 15 is 0 Å². The third kappa shape index (κ3) is 24.8. The van der Waals surface area contributed by atoms with Crippen LogP contribution in [0.5, 0.6) is 0 Å². The molecule has 12 heteroatoms. The maximum atomic E-state index is 11.8. The molecular formula is C24H46N4O8. The van der Waals surface area contributed by atoms with Crippen molar-refractivity contribution in [2.45, 2.75) is 89.9 Å². The molecule has 0 heterocycles. The van der Waals surface area contributed by atoms with Crippen LogP contribution in [0.3, 0.4) is 0 Å². The van der Waals surface area contributed by atoms with Gasteiger partial charge in [-0.2, -0.15) is 11.8 Å². The molecule has 0 fully saturated rings. The third-order valence-electron chi connectivity index (χ3n) is 5.34. The van der Waals surface area contributed by atoms with Crippen LogP contribution in [-0.2, 0) is 38.3 Å². The van der Waals surface area contributed by atoms with Crippen LogP contribution in [0.1, 0.15) is 89.9 Å². The van der Waals surface area contributed by atoms with Gasteiger partial charge in [0.2, 0.25) is 11.8 Å². The first-order valence-corrected chi connectivity index (χ1v) is 13.0. The number of hydrogen-bond donors (Lipinski definition) is 4. The van der Waals surface area contributed by atoms with Crippen molar-refractivity contribution in [1.82, 2.24) is 10.6 Å². The Morgan fingerprint density at radius 2 is 0.833 bits per heavy atom. The van der Waals surface area contributed by atoms with Crippen LogP contribution in [-0.4, -0.2) is 63.3 Å². The summed E-state index contributed by atoms with van der Waals surface area (Å²) in [7, 11) is 0. The fraction of sp³-hybridized carbons (Fsp3) is 0.833. The molecule has 0 radical (unpaired) electrons. The standard InChI is InChI=1S/C24H46N4O8/c25-35-23(31)11-7-3-1-5-9-15-27-21(29)13-17-33-19-20-34-18-14-22(30)28-16-10-6-2-4-8-12-24(32)36-26/h1-20,25-26H2,(H,27,29)(H,28,30). The predicted octanol–water partition coefficient (Wildman–Crippen LogP) is 1.55. The molecule has 6 N–H and O–H groups in total. The lowest BCUT2D eigenvalue weighted by Gasteiger charge is -2.08. The first kappa shape index (κ1) is 33.7. The van der Waals surface area contributed by atoms with E-state index in [1.165, 1.54) is 0 Å². The molecule has 0 aliphatic rings. The van der Waals surface area contributed by atoms with Gasteiger partial charge in [-0.15, -0.1) is 0 Å². The minimum absolute atomic E-state index is 0.0467. The van der Waals surface area contributed by atoms with Gasteiger partial charge in [0, 0.05) is 38.8 Å². The van der Waals surface area contributed by atoms with Crippen LogP contribution in [0.25, 0.3) is 0 Å². The van der Waals surface area contributed by atoms with Crippen molar-refractivity contribution in [3.8, 4) is 0 Å². The molecule has 0 unspecified atom stereocenters. The van der Waals surface area contributed by atoms with Gasteiger partial charge >= 0.3 is 11.9 Å². The number of carbonyl (C=O) groups is 4. The second-order valence-electron chi connectivity index (χ2n) is 8.44. The number of amides is 2. The van der Waals surface area contributed by atoms with Gasteiger partial charge in [0.05, 0.1) is 26.4 Å². The molecule has 0 saturated carbocycles. The highest BCUT2D eigenvalue weighted by molar-refractivity contribution is 5.76. The molecular weight excluding hydrogens is 472 g/mol. The Bertz CT molecular complexity index is 542. The molecule has 12 nitrogen and oxygen atoms in total. The molecule has 0 atom stereocenters. The lowest BCUT2D eigenvalue weighted by molar-refractivity contribution is -0.145. The third-order valence-corrected chi connectivity index (χ3v) is 5.34. The van der Waals surface area contributed by atoms with E-state index < -0.39 is 0 Å². The number of ether oxygens (including phenoxy) is 2. The zero-order valence-corrected chi connectivity index (χ0v) is 21.6. The van der Waals surface area contributed by atoms with Gasteiger partial charge in [-0.25, -0.2) is 0 Å². The van der Waals surface area contributed by atoms with E-state index in [0.29, 0.717) is 65.2 Å². The van der Waals surface area contributed by atoms with E-state index in [-0.39, 0.29) is 23.8 Å². The zero-order chi connectivity index (χ0) is 26.7. The monoisotopic (exact) mass is 518 g/mol. The topological polar surface area (TPSA) is 181 Å². The van der Waals surface area contributed by atoms with Crippen molar-refractivity contribution in [1.29, 1.82) is 0 Å². The van der Waals surface area contributed by atoms with Gasteiger partial charge in [0.15, 0.2) is 0 Å². The Hall–Kier alpha value is -2.28. The molecule has 0 aliphatic heterocycles. The van der Waals surface area contributed by atoms with Crippen molar-refractivity contribution in [3.05, 3.63) is 0 Å². The number of rotatable bonds is 25. The smallest absolute Gasteiger partial charge is 0.324 e. The van der Waals surface area contributed by atoms with Crippen molar-refractivity contribution < 1.29 is 38.3 Å². The van der Waals surface area contributed by atoms with Gasteiger partial charge in [0.25, 0.3) is 0 Å². The lowest BCUT2D eigenvalue weighted by atomic mass is 10.1. The quantitative estimate of drug-likeness (QED) is 0.102. The SMILES string of the molecule is NOC(=O)CCCCCCCNC(=O)CCOCCOCCC(=O)NCCCCCCCC(=O)ON. The molecule has 0 saturated heterocycles. The molecule has 0 aromatic heterocycles. The van der Waals surface area contributed by atoms with E-state index in [1.807, 2.05) is 0 Å². The van der Waals surface area contributed by atoms with Crippen LogP contribution in [0.2, 0.25) is 0 Å². The van der Waals surface area contributed by atoms with Crippen molar-refractivity contribution in [2.24, 2.45) is 11.8 Å². The second kappa shape index (κ2) is 25.8. The van der Waals surface area contributed by atoms with Crippen LogP contribution in [0, 0.1) is 0 Å². The highest BCUT2D eigenvalue weighted by Crippen LogP contribution is 2.06. The molecule has 0 aromatic rings. The molecule has 2 amide bonds. The average molecular weight is 519 g/mol. The fourth-order valence-electron chi connectivity index (χ4n) is 3.25. The van der Waals surface area contributed by atoms with E-state index in [1.54, 1.807) is 0 Å². The molecule has 210 valence electrons. The highest BCUT2D eigenvalue weighted by atomic mass is 16.7. The summed E-state index contributed by atoms with van der Waals surface area (Å²) >= 11 is 0. The molecule has 0 rings (SSSR count). The first-order valence-electron chi connectivity index (χ1n) is 13.0. The minimum atomic E-state index is -0.388. The van der Waals surface area contributed by atoms with Crippen LogP contribution >= 0.6 is 0 Å². The van der Waals surface area contributed by atoms with E-state index in [2.05, 4.69) is 20.3 Å². The van der Waals surface area contributed by atoms with Gasteiger partial charge in [-0.3, -0.25) is 19.2 Å². The maximum absolute atomic E-state index is 11.8. The molecule has 0 spiro atoms. The predicted molar refractivity (Wildman–Crippen MR) is 133 cm³/mol. The van der Waals surface area contributed by atoms with E-state index in [0.717, 1.165) is 64.2 Å². The van der Waals surface area contributed by atoms with Crippen LogP contribution < -0.4 is 22.4 Å². The lowest BCUT2D eigenvalue weighted by Crippen LogP contribution is -2.26. The summed E-state index contributed by atoms with van der Waals surface area (Å²) < 4.78 is 10.8. The molecule has 0 aliphatic carbocycles. The largest absolute Gasteiger partial charge is 0.379 e. The fourth-order valence-corrected chi connectivity index (χ4v) is 3.25. The van der Waals surface area contributed by atoms with Crippen LogP contribution in [0.15, 0.2) is 0 Å². The van der Waals surface area contributed by atoms with E-state index in [4.69, 9.17) is 21.3 Å². The molecule has 0 bridgehead atoms. The van der Waals surface area contributed by atoms with Gasteiger partial charge < -0.3 is 29.8 Å². The molecule has 0 aromatic carbocycles. The second-order valence-corrected chi connectivity index (χ2v) is 8.44. The Labute approximate surface area is 214 Å². The van der Waals surface area contributed by atoms with Crippen molar-refractivity contribution >= 4 is 23.8 Å². The number of carbonyl (C=O) groups excluding carboxylic acids is 4. The minimum Gasteiger partial charge on any atom is -0.379 e. The summed E-state index contributed by atoms with van der Waals surface area (Å²) in [5, 5.41) is 5.72. The normalized spacial score (nSPS) is 10.6. The Morgan fingerprint density at radius 3 is 1.22 bits per heavy atom. The first-order chi connectivity index (χ1) is 17.5. The van der Waals surface area contributed by atoms with Crippen molar-refractivity contribution in [3.63, 3.8) is 0 Å².